The normalized spacial score (nSPS) is 11.7. The molecule has 1 N–H and O–H groups in total. The van der Waals surface area contributed by atoms with Crippen LogP contribution in [0, 0.1) is 13.8 Å². The van der Waals surface area contributed by atoms with E-state index in [0.29, 0.717) is 11.3 Å². The second-order valence-corrected chi connectivity index (χ2v) is 5.99. The van der Waals surface area contributed by atoms with E-state index in [0.717, 1.165) is 34.2 Å². The van der Waals surface area contributed by atoms with Crippen LogP contribution < -0.4 is 5.32 Å². The Bertz CT molecular complexity index is 924. The molecule has 1 heterocycles. The summed E-state index contributed by atoms with van der Waals surface area (Å²) in [7, 11) is 0. The van der Waals surface area contributed by atoms with E-state index >= 15 is 0 Å². The van der Waals surface area contributed by atoms with Crippen LogP contribution in [0.2, 0.25) is 0 Å². The van der Waals surface area contributed by atoms with Gasteiger partial charge in [-0.2, -0.15) is 13.2 Å². The number of rotatable bonds is 3. The molecule has 1 aromatic heterocycles. The Hall–Kier alpha value is -2.76. The molecule has 3 rings (SSSR count). The van der Waals surface area contributed by atoms with Crippen molar-refractivity contribution in [2.75, 3.05) is 5.32 Å². The van der Waals surface area contributed by atoms with Gasteiger partial charge < -0.3 is 9.73 Å². The lowest BCUT2D eigenvalue weighted by Crippen LogP contribution is -2.14. The van der Waals surface area contributed by atoms with Crippen LogP contribution >= 0.6 is 0 Å². The highest BCUT2D eigenvalue weighted by atomic mass is 19.4. The number of fused-ring (bicyclic) bond motifs is 1. The molecule has 0 unspecified atom stereocenters. The van der Waals surface area contributed by atoms with E-state index in [4.69, 9.17) is 4.42 Å². The number of benzene rings is 2. The van der Waals surface area contributed by atoms with Crippen LogP contribution in [0.3, 0.4) is 0 Å². The Morgan fingerprint density at radius 1 is 1.08 bits per heavy atom. The summed E-state index contributed by atoms with van der Waals surface area (Å²) in [5, 5.41) is 3.47. The van der Waals surface area contributed by atoms with Gasteiger partial charge in [0.25, 0.3) is 0 Å². The first-order valence-electron chi connectivity index (χ1n) is 7.68. The van der Waals surface area contributed by atoms with Gasteiger partial charge in [0.2, 0.25) is 5.91 Å². The summed E-state index contributed by atoms with van der Waals surface area (Å²) in [4.78, 5) is 12.2. The van der Waals surface area contributed by atoms with Crippen LogP contribution in [0.4, 0.5) is 18.9 Å². The van der Waals surface area contributed by atoms with Crippen LogP contribution in [0.25, 0.3) is 11.0 Å². The van der Waals surface area contributed by atoms with E-state index in [1.54, 1.807) is 0 Å². The van der Waals surface area contributed by atoms with Gasteiger partial charge in [0, 0.05) is 16.6 Å². The second-order valence-electron chi connectivity index (χ2n) is 5.99. The fourth-order valence-corrected chi connectivity index (χ4v) is 2.59. The number of nitrogens with one attached hydrogen (secondary N) is 1. The summed E-state index contributed by atoms with van der Waals surface area (Å²) in [6.07, 6.45) is -2.78. The number of alkyl halides is 3. The third kappa shape index (κ3) is 3.68. The highest BCUT2D eigenvalue weighted by molar-refractivity contribution is 5.95. The second kappa shape index (κ2) is 6.27. The number of carbonyl (C=O) groups excluding carboxylic acids is 1. The molecule has 0 spiro atoms. The number of hydrogen-bond acceptors (Lipinski definition) is 2. The predicted octanol–water partition coefficient (Wildman–Crippen LogP) is 5.25. The lowest BCUT2D eigenvalue weighted by molar-refractivity contribution is -0.137. The van der Waals surface area contributed by atoms with E-state index in [9.17, 15) is 18.0 Å². The van der Waals surface area contributed by atoms with Crippen molar-refractivity contribution in [1.29, 1.82) is 0 Å². The van der Waals surface area contributed by atoms with Crippen molar-refractivity contribution in [3.05, 3.63) is 64.9 Å². The Kier molecular flexibility index (Phi) is 4.29. The van der Waals surface area contributed by atoms with Gasteiger partial charge in [-0.15, -0.1) is 0 Å². The maximum Gasteiger partial charge on any atom is 0.416 e. The van der Waals surface area contributed by atoms with E-state index < -0.39 is 11.7 Å². The predicted molar refractivity (Wildman–Crippen MR) is 89.5 cm³/mol. The lowest BCUT2D eigenvalue weighted by Gasteiger charge is -2.08. The summed E-state index contributed by atoms with van der Waals surface area (Å²) >= 11 is 0. The minimum atomic E-state index is -4.39. The van der Waals surface area contributed by atoms with Crippen molar-refractivity contribution >= 4 is 22.6 Å². The Morgan fingerprint density at radius 3 is 2.36 bits per heavy atom. The molecule has 0 atom stereocenters. The van der Waals surface area contributed by atoms with E-state index in [-0.39, 0.29) is 12.3 Å². The van der Waals surface area contributed by atoms with Gasteiger partial charge >= 0.3 is 6.18 Å². The van der Waals surface area contributed by atoms with Gasteiger partial charge in [0.05, 0.1) is 18.2 Å². The van der Waals surface area contributed by atoms with Crippen LogP contribution in [0.1, 0.15) is 22.3 Å². The molecular weight excluding hydrogens is 331 g/mol. The van der Waals surface area contributed by atoms with E-state index in [2.05, 4.69) is 5.32 Å². The molecule has 6 heteroatoms. The first-order chi connectivity index (χ1) is 11.7. The number of carbonyl (C=O) groups is 1. The van der Waals surface area contributed by atoms with Gasteiger partial charge in [-0.1, -0.05) is 0 Å². The summed E-state index contributed by atoms with van der Waals surface area (Å²) in [6.45, 7) is 3.96. The van der Waals surface area contributed by atoms with Crippen molar-refractivity contribution in [3.8, 4) is 0 Å². The number of hydrogen-bond donors (Lipinski definition) is 1. The minimum Gasteiger partial charge on any atom is -0.464 e. The highest BCUT2D eigenvalue weighted by Crippen LogP contribution is 2.30. The summed E-state index contributed by atoms with van der Waals surface area (Å²) in [5.41, 5.74) is 3.21. The molecular formula is C19H16F3NO2. The highest BCUT2D eigenvalue weighted by Gasteiger charge is 2.30. The van der Waals surface area contributed by atoms with Crippen molar-refractivity contribution in [2.24, 2.45) is 0 Å². The van der Waals surface area contributed by atoms with Crippen molar-refractivity contribution in [1.82, 2.24) is 0 Å². The third-order valence-electron chi connectivity index (χ3n) is 4.12. The van der Waals surface area contributed by atoms with Crippen LogP contribution in [-0.2, 0) is 17.4 Å². The average Bonchev–Trinajstić information content (AvgIpc) is 2.89. The van der Waals surface area contributed by atoms with Gasteiger partial charge in [-0.3, -0.25) is 4.79 Å². The Labute approximate surface area is 142 Å². The van der Waals surface area contributed by atoms with Gasteiger partial charge in [-0.05, 0) is 61.4 Å². The first-order valence-corrected chi connectivity index (χ1v) is 7.68. The topological polar surface area (TPSA) is 42.2 Å². The van der Waals surface area contributed by atoms with Gasteiger partial charge in [0.15, 0.2) is 0 Å². The molecule has 0 aliphatic carbocycles. The van der Waals surface area contributed by atoms with Gasteiger partial charge in [-0.25, -0.2) is 0 Å². The lowest BCUT2D eigenvalue weighted by atomic mass is 10.0. The maximum atomic E-state index is 12.5. The average molecular weight is 347 g/mol. The van der Waals surface area contributed by atoms with E-state index in [1.165, 1.54) is 18.4 Å². The Morgan fingerprint density at radius 2 is 1.72 bits per heavy atom. The number of halogens is 3. The molecule has 3 aromatic rings. The molecule has 1 amide bonds. The zero-order valence-electron chi connectivity index (χ0n) is 13.7. The van der Waals surface area contributed by atoms with Crippen LogP contribution in [0.15, 0.2) is 47.1 Å². The monoisotopic (exact) mass is 347 g/mol. The number of aryl methyl sites for hydroxylation is 2. The molecule has 3 nitrogen and oxygen atoms in total. The minimum absolute atomic E-state index is 0.0799. The third-order valence-corrected chi connectivity index (χ3v) is 4.12. The molecule has 0 fully saturated rings. The summed E-state index contributed by atoms with van der Waals surface area (Å²) in [5.74, 6) is -0.319. The SMILES string of the molecule is Cc1cc2occ(CC(=O)Nc3ccc(C(F)(F)F)cc3)c2cc1C. The maximum absolute atomic E-state index is 12.5. The zero-order valence-corrected chi connectivity index (χ0v) is 13.7. The zero-order chi connectivity index (χ0) is 18.2. The largest absolute Gasteiger partial charge is 0.464 e. The number of anilines is 1. The molecule has 0 aliphatic rings. The fraction of sp³-hybridized carbons (Fsp3) is 0.211. The molecule has 0 saturated heterocycles. The molecule has 0 saturated carbocycles. The fourth-order valence-electron chi connectivity index (χ4n) is 2.59. The van der Waals surface area contributed by atoms with E-state index in [1.807, 2.05) is 26.0 Å². The number of furan rings is 1. The standard InChI is InChI=1S/C19H16F3NO2/c1-11-7-16-13(10-25-17(16)8-12(11)2)9-18(24)23-15-5-3-14(4-6-15)19(20,21)22/h3-8,10H,9H2,1-2H3,(H,23,24). The van der Waals surface area contributed by atoms with Crippen molar-refractivity contribution < 1.29 is 22.4 Å². The molecule has 25 heavy (non-hydrogen) atoms. The van der Waals surface area contributed by atoms with Crippen LogP contribution in [0.5, 0.6) is 0 Å². The van der Waals surface area contributed by atoms with Crippen molar-refractivity contribution in [2.45, 2.75) is 26.4 Å². The molecule has 130 valence electrons. The molecule has 0 aliphatic heterocycles. The number of amides is 1. The quantitative estimate of drug-likeness (QED) is 0.703. The molecule has 0 bridgehead atoms. The van der Waals surface area contributed by atoms with Crippen molar-refractivity contribution in [3.63, 3.8) is 0 Å². The molecule has 0 radical (unpaired) electrons. The first kappa shape index (κ1) is 17.1. The van der Waals surface area contributed by atoms with Gasteiger partial charge in [0.1, 0.15) is 5.58 Å². The summed E-state index contributed by atoms with van der Waals surface area (Å²) in [6, 6.07) is 8.24. The smallest absolute Gasteiger partial charge is 0.416 e. The van der Waals surface area contributed by atoms with Crippen LogP contribution in [-0.4, -0.2) is 5.91 Å². The molecule has 2 aromatic carbocycles. The summed E-state index contributed by atoms with van der Waals surface area (Å²) < 4.78 is 43.1. The Balaban J connectivity index is 1.74.